The van der Waals surface area contributed by atoms with Crippen LogP contribution >= 0.6 is 11.6 Å². The number of aromatic nitrogens is 2. The van der Waals surface area contributed by atoms with Crippen molar-refractivity contribution < 1.29 is 17.6 Å². The van der Waals surface area contributed by atoms with Gasteiger partial charge in [-0.05, 0) is 61.0 Å². The summed E-state index contributed by atoms with van der Waals surface area (Å²) in [6, 6.07) is 14.3. The Morgan fingerprint density at radius 1 is 1.06 bits per heavy atom. The van der Waals surface area contributed by atoms with E-state index in [1.54, 1.807) is 55.7 Å². The van der Waals surface area contributed by atoms with Gasteiger partial charge in [-0.2, -0.15) is 0 Å². The minimum atomic E-state index is -3.72. The van der Waals surface area contributed by atoms with E-state index in [0.29, 0.717) is 33.2 Å². The van der Waals surface area contributed by atoms with Gasteiger partial charge in [-0.3, -0.25) is 9.78 Å². The number of rotatable bonds is 6. The number of carbonyl (C=O) groups excluding carboxylic acids is 1. The van der Waals surface area contributed by atoms with Crippen LogP contribution in [0.3, 0.4) is 0 Å². The van der Waals surface area contributed by atoms with Gasteiger partial charge in [0.15, 0.2) is 27.8 Å². The maximum absolute atomic E-state index is 13.1. The van der Waals surface area contributed by atoms with Crippen LogP contribution in [0.1, 0.15) is 27.2 Å². The van der Waals surface area contributed by atoms with E-state index in [2.05, 4.69) is 9.97 Å². The molecule has 0 aliphatic heterocycles. The number of pyridine rings is 1. The zero-order valence-electron chi connectivity index (χ0n) is 16.4. The molecule has 0 saturated heterocycles. The number of sulfone groups is 1. The van der Waals surface area contributed by atoms with Crippen molar-refractivity contribution in [2.75, 3.05) is 0 Å². The predicted molar refractivity (Wildman–Crippen MR) is 117 cm³/mol. The van der Waals surface area contributed by atoms with Gasteiger partial charge in [-0.15, -0.1) is 0 Å². The fourth-order valence-corrected chi connectivity index (χ4v) is 4.78. The summed E-state index contributed by atoms with van der Waals surface area (Å²) < 4.78 is 31.4. The number of hydrogen-bond acceptors (Lipinski definition) is 6. The summed E-state index contributed by atoms with van der Waals surface area (Å²) in [4.78, 5) is 21.3. The largest absolute Gasteiger partial charge is 0.444 e. The highest BCUT2D eigenvalue weighted by molar-refractivity contribution is 7.90. The smallest absolute Gasteiger partial charge is 0.195 e. The van der Waals surface area contributed by atoms with Gasteiger partial charge in [0.05, 0.1) is 16.8 Å². The zero-order valence-corrected chi connectivity index (χ0v) is 18.0. The summed E-state index contributed by atoms with van der Waals surface area (Å²) in [5.41, 5.74) is 2.29. The predicted octanol–water partition coefficient (Wildman–Crippen LogP) is 4.90. The van der Waals surface area contributed by atoms with Crippen molar-refractivity contribution in [2.24, 2.45) is 0 Å². The van der Waals surface area contributed by atoms with Crippen LogP contribution in [0.25, 0.3) is 11.3 Å². The van der Waals surface area contributed by atoms with Crippen LogP contribution < -0.4 is 0 Å². The molecule has 2 aromatic carbocycles. The van der Waals surface area contributed by atoms with Gasteiger partial charge >= 0.3 is 0 Å². The fraction of sp³-hybridized carbons (Fsp3) is 0.0870. The Labute approximate surface area is 184 Å². The van der Waals surface area contributed by atoms with E-state index >= 15 is 0 Å². The maximum Gasteiger partial charge on any atom is 0.195 e. The summed E-state index contributed by atoms with van der Waals surface area (Å²) >= 11 is 6.11. The Bertz CT molecular complexity index is 1350. The molecule has 0 amide bonds. The van der Waals surface area contributed by atoms with Crippen molar-refractivity contribution in [1.29, 1.82) is 0 Å². The van der Waals surface area contributed by atoms with Crippen LogP contribution in [0.4, 0.5) is 0 Å². The van der Waals surface area contributed by atoms with Gasteiger partial charge in [0.25, 0.3) is 0 Å². The highest BCUT2D eigenvalue weighted by Crippen LogP contribution is 2.26. The number of benzene rings is 2. The van der Waals surface area contributed by atoms with Crippen molar-refractivity contribution in [3.05, 3.63) is 101 Å². The van der Waals surface area contributed by atoms with E-state index in [1.165, 1.54) is 24.6 Å². The SMILES string of the molecule is Cc1ncccc1C(=O)c1cc(Cl)ccc1CS(=O)(=O)c1ccc(-c2cnco2)cc1. The number of nitrogens with zero attached hydrogens (tertiary/aromatic N) is 2. The van der Waals surface area contributed by atoms with Gasteiger partial charge in [-0.25, -0.2) is 13.4 Å². The van der Waals surface area contributed by atoms with E-state index in [0.717, 1.165) is 0 Å². The Hall–Kier alpha value is -3.29. The molecule has 8 heteroatoms. The Morgan fingerprint density at radius 2 is 1.84 bits per heavy atom. The fourth-order valence-electron chi connectivity index (χ4n) is 3.23. The summed E-state index contributed by atoms with van der Waals surface area (Å²) in [5.74, 6) is -0.119. The number of oxazole rings is 1. The zero-order chi connectivity index (χ0) is 22.0. The summed E-state index contributed by atoms with van der Waals surface area (Å²) in [6.45, 7) is 1.73. The molecule has 0 saturated carbocycles. The third-order valence-corrected chi connectivity index (χ3v) is 6.76. The van der Waals surface area contributed by atoms with Gasteiger partial charge in [0.1, 0.15) is 0 Å². The lowest BCUT2D eigenvalue weighted by Crippen LogP contribution is -2.12. The first kappa shape index (κ1) is 21.0. The minimum Gasteiger partial charge on any atom is -0.444 e. The van der Waals surface area contributed by atoms with Crippen molar-refractivity contribution in [2.45, 2.75) is 17.6 Å². The van der Waals surface area contributed by atoms with Gasteiger partial charge < -0.3 is 4.42 Å². The van der Waals surface area contributed by atoms with Crippen molar-refractivity contribution in [3.63, 3.8) is 0 Å². The highest BCUT2D eigenvalue weighted by Gasteiger charge is 2.22. The standard InChI is InChI=1S/C23H17ClN2O4S/c1-15-20(3-2-10-26-15)23(27)21-11-18(24)7-4-17(21)13-31(28,29)19-8-5-16(6-9-19)22-12-25-14-30-22/h2-12,14H,13H2,1H3. The van der Waals surface area contributed by atoms with Crippen molar-refractivity contribution >= 4 is 27.2 Å². The lowest BCUT2D eigenvalue weighted by atomic mass is 9.98. The molecule has 0 fully saturated rings. The average Bonchev–Trinajstić information content (AvgIpc) is 3.30. The van der Waals surface area contributed by atoms with E-state index < -0.39 is 9.84 Å². The first-order chi connectivity index (χ1) is 14.8. The van der Waals surface area contributed by atoms with Crippen LogP contribution in [0.5, 0.6) is 0 Å². The molecule has 31 heavy (non-hydrogen) atoms. The molecule has 4 rings (SSSR count). The molecular weight excluding hydrogens is 436 g/mol. The molecule has 0 unspecified atom stereocenters. The molecule has 2 heterocycles. The molecule has 156 valence electrons. The molecule has 0 bridgehead atoms. The highest BCUT2D eigenvalue weighted by atomic mass is 35.5. The first-order valence-corrected chi connectivity index (χ1v) is 11.3. The second-order valence-corrected chi connectivity index (χ2v) is 9.34. The van der Waals surface area contributed by atoms with E-state index in [4.69, 9.17) is 16.0 Å². The Morgan fingerprint density at radius 3 is 2.52 bits per heavy atom. The second kappa shape index (κ2) is 8.45. The number of aryl methyl sites for hydroxylation is 1. The first-order valence-electron chi connectivity index (χ1n) is 9.31. The third kappa shape index (κ3) is 4.42. The molecule has 0 aliphatic rings. The van der Waals surface area contributed by atoms with Crippen LogP contribution in [-0.4, -0.2) is 24.2 Å². The van der Waals surface area contributed by atoms with E-state index in [-0.39, 0.29) is 22.0 Å². The quantitative estimate of drug-likeness (QED) is 0.386. The van der Waals surface area contributed by atoms with E-state index in [9.17, 15) is 13.2 Å². The molecule has 0 atom stereocenters. The van der Waals surface area contributed by atoms with Crippen LogP contribution in [0.2, 0.25) is 5.02 Å². The number of hydrogen-bond donors (Lipinski definition) is 0. The number of halogens is 1. The Kier molecular flexibility index (Phi) is 5.71. The average molecular weight is 453 g/mol. The van der Waals surface area contributed by atoms with Gasteiger partial charge in [-0.1, -0.05) is 17.7 Å². The van der Waals surface area contributed by atoms with Crippen LogP contribution in [0, 0.1) is 6.92 Å². The van der Waals surface area contributed by atoms with Crippen LogP contribution in [0.15, 0.2) is 82.7 Å². The summed E-state index contributed by atoms with van der Waals surface area (Å²) in [7, 11) is -3.72. The molecule has 4 aromatic rings. The Balaban J connectivity index is 1.67. The van der Waals surface area contributed by atoms with E-state index in [1.807, 2.05) is 0 Å². The molecule has 0 spiro atoms. The summed E-state index contributed by atoms with van der Waals surface area (Å²) in [6.07, 6.45) is 4.45. The minimum absolute atomic E-state index is 0.140. The molecule has 0 N–H and O–H groups in total. The normalized spacial score (nSPS) is 11.4. The van der Waals surface area contributed by atoms with Gasteiger partial charge in [0.2, 0.25) is 0 Å². The number of ketones is 1. The molecule has 0 aliphatic carbocycles. The summed E-state index contributed by atoms with van der Waals surface area (Å²) in [5, 5.41) is 0.349. The molecular formula is C23H17ClN2O4S. The number of carbonyl (C=O) groups is 1. The monoisotopic (exact) mass is 452 g/mol. The van der Waals surface area contributed by atoms with Crippen molar-refractivity contribution in [3.8, 4) is 11.3 Å². The molecule has 6 nitrogen and oxygen atoms in total. The van der Waals surface area contributed by atoms with Crippen molar-refractivity contribution in [1.82, 2.24) is 9.97 Å². The van der Waals surface area contributed by atoms with Gasteiger partial charge in [0, 0.05) is 33.6 Å². The molecule has 2 aromatic heterocycles. The third-order valence-electron chi connectivity index (χ3n) is 4.84. The topological polar surface area (TPSA) is 90.1 Å². The lowest BCUT2D eigenvalue weighted by molar-refractivity contribution is 0.103. The molecule has 0 radical (unpaired) electrons. The van der Waals surface area contributed by atoms with Crippen LogP contribution in [-0.2, 0) is 15.6 Å². The second-order valence-electron chi connectivity index (χ2n) is 6.92. The lowest BCUT2D eigenvalue weighted by Gasteiger charge is -2.12. The maximum atomic E-state index is 13.1.